The number of anilines is 1. The number of halogens is 2. The van der Waals surface area contributed by atoms with E-state index in [0.29, 0.717) is 5.82 Å². The molecule has 0 aliphatic rings. The second-order valence-corrected chi connectivity index (χ2v) is 4.78. The Kier molecular flexibility index (Phi) is 2.88. The smallest absolute Gasteiger partial charge is 0.121 e. The lowest BCUT2D eigenvalue weighted by atomic mass is 10.1. The van der Waals surface area contributed by atoms with Gasteiger partial charge in [0.25, 0.3) is 0 Å². The molecule has 0 aliphatic heterocycles. The van der Waals surface area contributed by atoms with Crippen LogP contribution < -0.4 is 5.73 Å². The number of aryl methyl sites for hydroxylation is 1. The molecular formula is C10H9ClIN3. The maximum atomic E-state index is 6.04. The number of benzene rings is 1. The van der Waals surface area contributed by atoms with Crippen molar-refractivity contribution >= 4 is 40.0 Å². The van der Waals surface area contributed by atoms with Gasteiger partial charge in [-0.3, -0.25) is 4.68 Å². The van der Waals surface area contributed by atoms with Crippen molar-refractivity contribution in [3.63, 3.8) is 0 Å². The summed E-state index contributed by atoms with van der Waals surface area (Å²) in [5.41, 5.74) is 7.53. The van der Waals surface area contributed by atoms with Gasteiger partial charge in [0, 0.05) is 22.2 Å². The molecule has 1 aromatic carbocycles. The minimum atomic E-state index is 0.639. The van der Waals surface area contributed by atoms with Gasteiger partial charge in [-0.25, -0.2) is 0 Å². The first kappa shape index (κ1) is 10.8. The van der Waals surface area contributed by atoms with Gasteiger partial charge in [0.1, 0.15) is 5.82 Å². The molecule has 0 fully saturated rings. The summed E-state index contributed by atoms with van der Waals surface area (Å²) >= 11 is 8.23. The lowest BCUT2D eigenvalue weighted by molar-refractivity contribution is 0.782. The molecule has 0 bridgehead atoms. The fourth-order valence-corrected chi connectivity index (χ4v) is 1.79. The van der Waals surface area contributed by atoms with Crippen molar-refractivity contribution in [3.8, 4) is 11.3 Å². The first-order valence-electron chi connectivity index (χ1n) is 4.33. The summed E-state index contributed by atoms with van der Waals surface area (Å²) in [5, 5.41) is 5.02. The third-order valence-electron chi connectivity index (χ3n) is 2.13. The highest BCUT2D eigenvalue weighted by atomic mass is 127. The van der Waals surface area contributed by atoms with Crippen LogP contribution in [-0.4, -0.2) is 9.78 Å². The second-order valence-electron chi connectivity index (χ2n) is 3.21. The Bertz CT molecular complexity index is 488. The topological polar surface area (TPSA) is 43.8 Å². The molecule has 1 heterocycles. The minimum absolute atomic E-state index is 0.639. The lowest BCUT2D eigenvalue weighted by Crippen LogP contribution is -1.96. The summed E-state index contributed by atoms with van der Waals surface area (Å²) < 4.78 is 2.67. The lowest BCUT2D eigenvalue weighted by Gasteiger charge is -1.99. The molecule has 2 aromatic rings. The van der Waals surface area contributed by atoms with Gasteiger partial charge in [-0.2, -0.15) is 5.10 Å². The highest BCUT2D eigenvalue weighted by Gasteiger charge is 2.06. The van der Waals surface area contributed by atoms with E-state index >= 15 is 0 Å². The summed E-state index contributed by atoms with van der Waals surface area (Å²) in [6.07, 6.45) is 0. The zero-order valence-electron chi connectivity index (χ0n) is 8.04. The molecule has 0 aliphatic carbocycles. The van der Waals surface area contributed by atoms with Crippen molar-refractivity contribution in [2.45, 2.75) is 0 Å². The number of aromatic nitrogens is 2. The normalized spacial score (nSPS) is 10.6. The largest absolute Gasteiger partial charge is 0.384 e. The van der Waals surface area contributed by atoms with Gasteiger partial charge in [-0.15, -0.1) is 0 Å². The van der Waals surface area contributed by atoms with E-state index in [4.69, 9.17) is 17.3 Å². The summed E-state index contributed by atoms with van der Waals surface area (Å²) in [5.74, 6) is 0.639. The second kappa shape index (κ2) is 4.02. The van der Waals surface area contributed by atoms with Gasteiger partial charge in [0.15, 0.2) is 0 Å². The van der Waals surface area contributed by atoms with Crippen LogP contribution in [0.15, 0.2) is 24.3 Å². The van der Waals surface area contributed by atoms with Gasteiger partial charge < -0.3 is 5.73 Å². The molecule has 3 nitrogen and oxygen atoms in total. The predicted molar refractivity (Wildman–Crippen MR) is 70.8 cm³/mol. The van der Waals surface area contributed by atoms with E-state index in [9.17, 15) is 0 Å². The molecule has 2 rings (SSSR count). The van der Waals surface area contributed by atoms with E-state index in [1.807, 2.05) is 31.3 Å². The van der Waals surface area contributed by atoms with Crippen molar-refractivity contribution in [2.24, 2.45) is 7.05 Å². The van der Waals surface area contributed by atoms with Crippen molar-refractivity contribution in [2.75, 3.05) is 5.73 Å². The van der Waals surface area contributed by atoms with Crippen molar-refractivity contribution in [1.82, 2.24) is 9.78 Å². The SMILES string of the molecule is Cn1nc(-c2ccc(I)c(Cl)c2)cc1N. The Balaban J connectivity index is 2.49. The Morgan fingerprint density at radius 3 is 2.67 bits per heavy atom. The average molecular weight is 334 g/mol. The van der Waals surface area contributed by atoms with E-state index in [0.717, 1.165) is 19.9 Å². The van der Waals surface area contributed by atoms with Gasteiger partial charge >= 0.3 is 0 Å². The zero-order valence-corrected chi connectivity index (χ0v) is 11.0. The summed E-state index contributed by atoms with van der Waals surface area (Å²) in [6.45, 7) is 0. The first-order chi connectivity index (χ1) is 7.08. The molecule has 0 radical (unpaired) electrons. The number of nitrogens with two attached hydrogens (primary N) is 1. The molecule has 0 amide bonds. The average Bonchev–Trinajstić information content (AvgIpc) is 2.52. The first-order valence-corrected chi connectivity index (χ1v) is 5.78. The number of rotatable bonds is 1. The Morgan fingerprint density at radius 1 is 1.40 bits per heavy atom. The molecule has 0 saturated heterocycles. The highest BCUT2D eigenvalue weighted by molar-refractivity contribution is 14.1. The quantitative estimate of drug-likeness (QED) is 0.816. The molecule has 78 valence electrons. The number of hydrogen-bond donors (Lipinski definition) is 1. The van der Waals surface area contributed by atoms with Crippen LogP contribution in [0.4, 0.5) is 5.82 Å². The van der Waals surface area contributed by atoms with Crippen molar-refractivity contribution in [3.05, 3.63) is 32.9 Å². The maximum absolute atomic E-state index is 6.04. The van der Waals surface area contributed by atoms with E-state index in [-0.39, 0.29) is 0 Å². The minimum Gasteiger partial charge on any atom is -0.384 e. The highest BCUT2D eigenvalue weighted by Crippen LogP contribution is 2.26. The van der Waals surface area contributed by atoms with Crippen LogP contribution in [0.2, 0.25) is 5.02 Å². The molecule has 15 heavy (non-hydrogen) atoms. The fraction of sp³-hybridized carbons (Fsp3) is 0.100. The molecule has 0 spiro atoms. The van der Waals surface area contributed by atoms with Crippen LogP contribution in [0, 0.1) is 3.57 Å². The Hall–Kier alpha value is -0.750. The van der Waals surface area contributed by atoms with Gasteiger partial charge in [0.2, 0.25) is 0 Å². The number of nitrogens with zero attached hydrogens (tertiary/aromatic N) is 2. The Morgan fingerprint density at radius 2 is 2.13 bits per heavy atom. The van der Waals surface area contributed by atoms with Crippen LogP contribution in [0.5, 0.6) is 0 Å². The summed E-state index contributed by atoms with van der Waals surface area (Å²) in [4.78, 5) is 0. The maximum Gasteiger partial charge on any atom is 0.121 e. The molecule has 5 heteroatoms. The summed E-state index contributed by atoms with van der Waals surface area (Å²) in [6, 6.07) is 7.67. The number of nitrogen functional groups attached to an aromatic ring is 1. The standard InChI is InChI=1S/C10H9ClIN3/c1-15-10(13)5-9(14-15)6-2-3-8(12)7(11)4-6/h2-5H,13H2,1H3. The van der Waals surface area contributed by atoms with E-state index in [1.54, 1.807) is 4.68 Å². The number of hydrogen-bond acceptors (Lipinski definition) is 2. The van der Waals surface area contributed by atoms with Crippen molar-refractivity contribution in [1.29, 1.82) is 0 Å². The van der Waals surface area contributed by atoms with Gasteiger partial charge in [0.05, 0.1) is 10.7 Å². The van der Waals surface area contributed by atoms with E-state index in [1.165, 1.54) is 0 Å². The third-order valence-corrected chi connectivity index (χ3v) is 3.70. The fourth-order valence-electron chi connectivity index (χ4n) is 1.28. The van der Waals surface area contributed by atoms with Crippen LogP contribution >= 0.6 is 34.2 Å². The molecule has 1 aromatic heterocycles. The third kappa shape index (κ3) is 2.10. The molecule has 0 atom stereocenters. The van der Waals surface area contributed by atoms with Crippen LogP contribution in [0.25, 0.3) is 11.3 Å². The van der Waals surface area contributed by atoms with Gasteiger partial charge in [-0.1, -0.05) is 17.7 Å². The molecule has 2 N–H and O–H groups in total. The van der Waals surface area contributed by atoms with Gasteiger partial charge in [-0.05, 0) is 34.7 Å². The predicted octanol–water partition coefficient (Wildman–Crippen LogP) is 2.93. The van der Waals surface area contributed by atoms with Crippen LogP contribution in [-0.2, 0) is 7.05 Å². The molecule has 0 saturated carbocycles. The van der Waals surface area contributed by atoms with Crippen molar-refractivity contribution < 1.29 is 0 Å². The molecule has 0 unspecified atom stereocenters. The van der Waals surface area contributed by atoms with Crippen LogP contribution in [0.3, 0.4) is 0 Å². The monoisotopic (exact) mass is 333 g/mol. The Labute approximate surface area is 106 Å². The molecular weight excluding hydrogens is 324 g/mol. The zero-order chi connectivity index (χ0) is 11.0. The van der Waals surface area contributed by atoms with E-state index in [2.05, 4.69) is 27.7 Å². The van der Waals surface area contributed by atoms with Crippen LogP contribution in [0.1, 0.15) is 0 Å². The van der Waals surface area contributed by atoms with E-state index < -0.39 is 0 Å². The summed E-state index contributed by atoms with van der Waals surface area (Å²) in [7, 11) is 1.81.